The van der Waals surface area contributed by atoms with Gasteiger partial charge in [0.2, 0.25) is 5.79 Å². The normalized spacial score (nSPS) is 24.2. The van der Waals surface area contributed by atoms with Gasteiger partial charge < -0.3 is 33.5 Å². The molecule has 9 heteroatoms. The van der Waals surface area contributed by atoms with E-state index < -0.39 is 29.2 Å². The molecule has 1 N–H and O–H groups in total. The van der Waals surface area contributed by atoms with Crippen LogP contribution in [0.2, 0.25) is 0 Å². The van der Waals surface area contributed by atoms with Gasteiger partial charge in [0.1, 0.15) is 17.3 Å². The van der Waals surface area contributed by atoms with Gasteiger partial charge in [-0.3, -0.25) is 4.79 Å². The summed E-state index contributed by atoms with van der Waals surface area (Å²) in [7, 11) is 1.63. The van der Waals surface area contributed by atoms with E-state index in [2.05, 4.69) is 6.92 Å². The Hall–Kier alpha value is -2.46. The van der Waals surface area contributed by atoms with E-state index in [9.17, 15) is 14.7 Å². The van der Waals surface area contributed by atoms with Gasteiger partial charge in [0, 0.05) is 39.5 Å². The van der Waals surface area contributed by atoms with Crippen molar-refractivity contribution in [2.24, 2.45) is 5.92 Å². The summed E-state index contributed by atoms with van der Waals surface area (Å²) in [6.45, 7) is 12.0. The molecule has 218 valence electrons. The summed E-state index contributed by atoms with van der Waals surface area (Å²) in [6.07, 6.45) is 1.63. The zero-order valence-electron chi connectivity index (χ0n) is 24.3. The number of esters is 1. The smallest absolute Gasteiger partial charge is 0.337 e. The standard InChI is InChI=1S/C30H44O9/c1-20(8-11-22(31)14-23(32)15-25-16-27(33)38-29(4,5)37-25)26(17-30(6)19-36-28(2,3)39-30)35-18-21-9-12-24(34-7)13-10-21/h9-10,12-13,16,20,23,26,32H,8,11,14-15,17-19H2,1-7H3/t20-,23-,26+,30?/m1/s1. The van der Waals surface area contributed by atoms with E-state index in [4.69, 9.17) is 28.4 Å². The first kappa shape index (κ1) is 31.1. The lowest BCUT2D eigenvalue weighted by Crippen LogP contribution is -2.38. The highest BCUT2D eigenvalue weighted by Gasteiger charge is 2.44. The molecule has 1 saturated heterocycles. The number of hydrogen-bond acceptors (Lipinski definition) is 9. The third-order valence-electron chi connectivity index (χ3n) is 6.89. The van der Waals surface area contributed by atoms with Crippen LogP contribution in [0.4, 0.5) is 0 Å². The lowest BCUT2D eigenvalue weighted by atomic mass is 9.88. The maximum absolute atomic E-state index is 12.7. The van der Waals surface area contributed by atoms with Crippen LogP contribution < -0.4 is 4.74 Å². The number of carbonyl (C=O) groups excluding carboxylic acids is 2. The number of ether oxygens (including phenoxy) is 6. The number of hydrogen-bond donors (Lipinski definition) is 1. The van der Waals surface area contributed by atoms with Crippen molar-refractivity contribution in [2.75, 3.05) is 13.7 Å². The average Bonchev–Trinajstić information content (AvgIpc) is 3.11. The number of benzene rings is 1. The van der Waals surface area contributed by atoms with Gasteiger partial charge in [0.05, 0.1) is 44.2 Å². The van der Waals surface area contributed by atoms with Crippen LogP contribution in [0.3, 0.4) is 0 Å². The number of Topliss-reactive ketones (excluding diaryl/α,β-unsaturated/α-hetero) is 1. The van der Waals surface area contributed by atoms with Gasteiger partial charge in [-0.2, -0.15) is 0 Å². The van der Waals surface area contributed by atoms with Gasteiger partial charge in [0.15, 0.2) is 5.79 Å². The van der Waals surface area contributed by atoms with Crippen LogP contribution in [0.1, 0.15) is 79.2 Å². The predicted octanol–water partition coefficient (Wildman–Crippen LogP) is 4.83. The van der Waals surface area contributed by atoms with Crippen LogP contribution in [0.5, 0.6) is 5.75 Å². The SMILES string of the molecule is COc1ccc(CO[C@@H](CC2(C)COC(C)(C)O2)[C@H](C)CCC(=O)C[C@@H](O)CC2=CC(=O)OC(C)(C)O2)cc1. The molecular formula is C30H44O9. The first-order valence-electron chi connectivity index (χ1n) is 13.6. The first-order valence-corrected chi connectivity index (χ1v) is 13.6. The highest BCUT2D eigenvalue weighted by molar-refractivity contribution is 5.83. The number of ketones is 1. The summed E-state index contributed by atoms with van der Waals surface area (Å²) < 4.78 is 34.3. The van der Waals surface area contributed by atoms with Crippen molar-refractivity contribution >= 4 is 11.8 Å². The Kier molecular flexibility index (Phi) is 10.2. The van der Waals surface area contributed by atoms with Crippen LogP contribution in [0.15, 0.2) is 36.1 Å². The molecule has 1 aromatic carbocycles. The summed E-state index contributed by atoms with van der Waals surface area (Å²) in [5, 5.41) is 10.5. The lowest BCUT2D eigenvalue weighted by Gasteiger charge is -2.32. The summed E-state index contributed by atoms with van der Waals surface area (Å²) in [6, 6.07) is 7.74. The van der Waals surface area contributed by atoms with Gasteiger partial charge in [-0.15, -0.1) is 0 Å². The molecule has 1 unspecified atom stereocenters. The maximum atomic E-state index is 12.7. The molecule has 0 radical (unpaired) electrons. The third-order valence-corrected chi connectivity index (χ3v) is 6.89. The molecule has 0 saturated carbocycles. The highest BCUT2D eigenvalue weighted by Crippen LogP contribution is 2.36. The number of cyclic esters (lactones) is 1. The second kappa shape index (κ2) is 12.8. The first-order chi connectivity index (χ1) is 18.2. The van der Waals surface area contributed by atoms with Gasteiger partial charge >= 0.3 is 5.97 Å². The minimum absolute atomic E-state index is 0.0247. The fourth-order valence-corrected chi connectivity index (χ4v) is 4.97. The third kappa shape index (κ3) is 9.90. The van der Waals surface area contributed by atoms with Crippen molar-refractivity contribution in [3.05, 3.63) is 41.7 Å². The molecule has 9 nitrogen and oxygen atoms in total. The Labute approximate surface area is 231 Å². The summed E-state index contributed by atoms with van der Waals surface area (Å²) >= 11 is 0. The van der Waals surface area contributed by atoms with E-state index in [0.717, 1.165) is 11.3 Å². The van der Waals surface area contributed by atoms with Crippen molar-refractivity contribution < 1.29 is 43.1 Å². The molecule has 0 aromatic heterocycles. The fraction of sp³-hybridized carbons (Fsp3) is 0.667. The van der Waals surface area contributed by atoms with Crippen LogP contribution >= 0.6 is 0 Å². The van der Waals surface area contributed by atoms with Crippen molar-refractivity contribution in [2.45, 2.75) is 110 Å². The molecule has 2 aliphatic heterocycles. The average molecular weight is 549 g/mol. The zero-order valence-corrected chi connectivity index (χ0v) is 24.3. The van der Waals surface area contributed by atoms with Gasteiger partial charge in [-0.25, -0.2) is 4.79 Å². The molecule has 39 heavy (non-hydrogen) atoms. The van der Waals surface area contributed by atoms with Gasteiger partial charge in [-0.1, -0.05) is 19.1 Å². The van der Waals surface area contributed by atoms with E-state index in [1.165, 1.54) is 6.08 Å². The Morgan fingerprint density at radius 2 is 1.77 bits per heavy atom. The predicted molar refractivity (Wildman–Crippen MR) is 144 cm³/mol. The lowest BCUT2D eigenvalue weighted by molar-refractivity contribution is -0.206. The van der Waals surface area contributed by atoms with Crippen LogP contribution in [-0.4, -0.2) is 60.0 Å². The Morgan fingerprint density at radius 1 is 1.08 bits per heavy atom. The maximum Gasteiger partial charge on any atom is 0.337 e. The van der Waals surface area contributed by atoms with Crippen LogP contribution in [0, 0.1) is 5.92 Å². The van der Waals surface area contributed by atoms with E-state index in [1.807, 2.05) is 45.0 Å². The zero-order chi connectivity index (χ0) is 28.8. The van der Waals surface area contributed by atoms with Crippen LogP contribution in [-0.2, 0) is 39.9 Å². The molecule has 2 aliphatic rings. The minimum atomic E-state index is -1.10. The number of aliphatic hydroxyl groups excluding tert-OH is 1. The molecule has 1 fully saturated rings. The monoisotopic (exact) mass is 548 g/mol. The quantitative estimate of drug-likeness (QED) is 0.327. The van der Waals surface area contributed by atoms with Crippen molar-refractivity contribution in [1.29, 1.82) is 0 Å². The summed E-state index contributed by atoms with van der Waals surface area (Å²) in [4.78, 5) is 24.5. The summed E-state index contributed by atoms with van der Waals surface area (Å²) in [5.41, 5.74) is 0.512. The number of aliphatic hydroxyl groups is 1. The fourth-order valence-electron chi connectivity index (χ4n) is 4.97. The highest BCUT2D eigenvalue weighted by atomic mass is 16.8. The van der Waals surface area contributed by atoms with Crippen LogP contribution in [0.25, 0.3) is 0 Å². The molecule has 0 bridgehead atoms. The number of carbonyl (C=O) groups is 2. The summed E-state index contributed by atoms with van der Waals surface area (Å²) in [5.74, 6) is -1.20. The van der Waals surface area contributed by atoms with Crippen molar-refractivity contribution in [1.82, 2.24) is 0 Å². The van der Waals surface area contributed by atoms with Gasteiger partial charge in [0.25, 0.3) is 0 Å². The molecule has 1 aromatic rings. The largest absolute Gasteiger partial charge is 0.497 e. The Balaban J connectivity index is 1.55. The molecule has 0 spiro atoms. The van der Waals surface area contributed by atoms with Crippen molar-refractivity contribution in [3.8, 4) is 5.75 Å². The van der Waals surface area contributed by atoms with E-state index in [-0.39, 0.29) is 30.6 Å². The molecule has 0 aliphatic carbocycles. The molecular weight excluding hydrogens is 504 g/mol. The molecule has 4 atom stereocenters. The van der Waals surface area contributed by atoms with Crippen molar-refractivity contribution in [3.63, 3.8) is 0 Å². The minimum Gasteiger partial charge on any atom is -0.497 e. The number of methoxy groups -OCH3 is 1. The second-order valence-electron chi connectivity index (χ2n) is 11.8. The topological polar surface area (TPSA) is 110 Å². The molecule has 0 amide bonds. The second-order valence-corrected chi connectivity index (χ2v) is 11.8. The Bertz CT molecular complexity index is 1010. The van der Waals surface area contributed by atoms with E-state index in [0.29, 0.717) is 38.2 Å². The molecule has 2 heterocycles. The van der Waals surface area contributed by atoms with Gasteiger partial charge in [-0.05, 0) is 50.8 Å². The Morgan fingerprint density at radius 3 is 2.36 bits per heavy atom. The van der Waals surface area contributed by atoms with E-state index in [1.54, 1.807) is 21.0 Å². The van der Waals surface area contributed by atoms with E-state index >= 15 is 0 Å². The number of rotatable bonds is 14. The molecule has 3 rings (SSSR count).